The lowest BCUT2D eigenvalue weighted by Gasteiger charge is -2.08. The third-order valence-electron chi connectivity index (χ3n) is 2.34. The fourth-order valence-electron chi connectivity index (χ4n) is 1.49. The minimum Gasteiger partial charge on any atom is -0.492 e. The smallest absolute Gasteiger partial charge is 0.176 e. The zero-order chi connectivity index (χ0) is 12.7. The molecule has 0 saturated heterocycles. The zero-order valence-electron chi connectivity index (χ0n) is 10.5. The van der Waals surface area contributed by atoms with Gasteiger partial charge >= 0.3 is 0 Å². The number of anilines is 1. The molecular weight excluding hydrogens is 216 g/mol. The second-order valence-electron chi connectivity index (χ2n) is 3.79. The first-order valence-electron chi connectivity index (χ1n) is 5.95. The van der Waals surface area contributed by atoms with Gasteiger partial charge in [-0.2, -0.15) is 0 Å². The van der Waals surface area contributed by atoms with Crippen LogP contribution < -0.4 is 15.8 Å². The number of carbonyl (C=O) groups is 1. The summed E-state index contributed by atoms with van der Waals surface area (Å²) in [6.45, 7) is 5.72. The van der Waals surface area contributed by atoms with Crippen molar-refractivity contribution in [3.8, 4) is 5.75 Å². The summed E-state index contributed by atoms with van der Waals surface area (Å²) in [6, 6.07) is 5.16. The van der Waals surface area contributed by atoms with E-state index in [-0.39, 0.29) is 5.78 Å². The fourth-order valence-corrected chi connectivity index (χ4v) is 1.49. The summed E-state index contributed by atoms with van der Waals surface area (Å²) in [7, 11) is 0. The molecule has 4 heteroatoms. The Morgan fingerprint density at radius 1 is 1.41 bits per heavy atom. The number of ketones is 1. The molecule has 0 unspecified atom stereocenters. The number of benzene rings is 1. The van der Waals surface area contributed by atoms with E-state index in [9.17, 15) is 4.79 Å². The van der Waals surface area contributed by atoms with Crippen molar-refractivity contribution in [2.75, 3.05) is 25.4 Å². The highest BCUT2D eigenvalue weighted by Crippen LogP contribution is 2.22. The summed E-state index contributed by atoms with van der Waals surface area (Å²) in [5.41, 5.74) is 6.93. The molecule has 1 aromatic carbocycles. The van der Waals surface area contributed by atoms with Gasteiger partial charge in [-0.25, -0.2) is 0 Å². The van der Waals surface area contributed by atoms with Gasteiger partial charge in [-0.1, -0.05) is 6.92 Å². The van der Waals surface area contributed by atoms with Crippen LogP contribution in [0.25, 0.3) is 0 Å². The number of nitrogen functional groups attached to an aromatic ring is 1. The van der Waals surface area contributed by atoms with Crippen LogP contribution in [0.1, 0.15) is 30.6 Å². The van der Waals surface area contributed by atoms with Crippen molar-refractivity contribution < 1.29 is 9.53 Å². The van der Waals surface area contributed by atoms with E-state index in [1.54, 1.807) is 18.2 Å². The van der Waals surface area contributed by atoms with Gasteiger partial charge in [0.25, 0.3) is 0 Å². The Morgan fingerprint density at radius 3 is 2.76 bits per heavy atom. The van der Waals surface area contributed by atoms with Crippen LogP contribution in [-0.4, -0.2) is 25.5 Å². The largest absolute Gasteiger partial charge is 0.492 e. The van der Waals surface area contributed by atoms with E-state index in [4.69, 9.17) is 10.5 Å². The predicted octanol–water partition coefficient (Wildman–Crippen LogP) is 1.85. The molecule has 0 aliphatic rings. The Balaban J connectivity index is 2.65. The number of hydrogen-bond donors (Lipinski definition) is 2. The van der Waals surface area contributed by atoms with Crippen LogP contribution in [0.3, 0.4) is 0 Å². The van der Waals surface area contributed by atoms with Crippen molar-refractivity contribution in [1.29, 1.82) is 0 Å². The molecule has 0 radical (unpaired) electrons. The SMILES string of the molecule is CCCNCC(=O)c1ccc(OCC)c(N)c1. The number of nitrogens with two attached hydrogens (primary N) is 1. The molecule has 0 heterocycles. The van der Waals surface area contributed by atoms with Crippen LogP contribution in [0.2, 0.25) is 0 Å². The van der Waals surface area contributed by atoms with Crippen molar-refractivity contribution in [1.82, 2.24) is 5.32 Å². The van der Waals surface area contributed by atoms with Crippen LogP contribution in [0.4, 0.5) is 5.69 Å². The fraction of sp³-hybridized carbons (Fsp3) is 0.462. The number of nitrogens with one attached hydrogen (secondary N) is 1. The number of hydrogen-bond acceptors (Lipinski definition) is 4. The van der Waals surface area contributed by atoms with Gasteiger partial charge in [-0.3, -0.25) is 4.79 Å². The Kier molecular flexibility index (Phi) is 5.49. The summed E-state index contributed by atoms with van der Waals surface area (Å²) in [5.74, 6) is 0.679. The Morgan fingerprint density at radius 2 is 2.18 bits per heavy atom. The van der Waals surface area contributed by atoms with E-state index in [0.29, 0.717) is 30.2 Å². The van der Waals surface area contributed by atoms with Crippen molar-refractivity contribution in [3.05, 3.63) is 23.8 Å². The maximum absolute atomic E-state index is 11.8. The van der Waals surface area contributed by atoms with Crippen LogP contribution in [0.5, 0.6) is 5.75 Å². The topological polar surface area (TPSA) is 64.3 Å². The minimum absolute atomic E-state index is 0.0493. The third kappa shape index (κ3) is 4.07. The van der Waals surface area contributed by atoms with Gasteiger partial charge in [0, 0.05) is 5.56 Å². The first-order valence-corrected chi connectivity index (χ1v) is 5.95. The highest BCUT2D eigenvalue weighted by atomic mass is 16.5. The summed E-state index contributed by atoms with van der Waals surface area (Å²) in [5, 5.41) is 3.07. The van der Waals surface area contributed by atoms with Crippen molar-refractivity contribution in [2.24, 2.45) is 0 Å². The standard InChI is InChI=1S/C13H20N2O2/c1-3-7-15-9-12(16)10-5-6-13(17-4-2)11(14)8-10/h5-6,8,15H,3-4,7,9,14H2,1-2H3. The summed E-state index contributed by atoms with van der Waals surface area (Å²) < 4.78 is 5.32. The van der Waals surface area contributed by atoms with Gasteiger partial charge in [0.1, 0.15) is 5.75 Å². The van der Waals surface area contributed by atoms with E-state index < -0.39 is 0 Å². The Labute approximate surface area is 102 Å². The molecule has 0 aliphatic carbocycles. The van der Waals surface area contributed by atoms with E-state index in [1.807, 2.05) is 6.92 Å². The lowest BCUT2D eigenvalue weighted by Crippen LogP contribution is -2.23. The van der Waals surface area contributed by atoms with Gasteiger partial charge in [0.2, 0.25) is 0 Å². The molecule has 0 atom stereocenters. The quantitative estimate of drug-likeness (QED) is 0.431. The lowest BCUT2D eigenvalue weighted by atomic mass is 10.1. The van der Waals surface area contributed by atoms with Gasteiger partial charge in [0.05, 0.1) is 18.8 Å². The number of Topliss-reactive ketones (excluding diaryl/α,β-unsaturated/α-hetero) is 1. The van der Waals surface area contributed by atoms with Gasteiger partial charge < -0.3 is 15.8 Å². The van der Waals surface area contributed by atoms with Gasteiger partial charge in [-0.15, -0.1) is 0 Å². The molecule has 3 N–H and O–H groups in total. The average Bonchev–Trinajstić information content (AvgIpc) is 2.32. The lowest BCUT2D eigenvalue weighted by molar-refractivity contribution is 0.0991. The highest BCUT2D eigenvalue weighted by Gasteiger charge is 2.08. The molecule has 0 aliphatic heterocycles. The molecule has 1 rings (SSSR count). The molecule has 0 spiro atoms. The van der Waals surface area contributed by atoms with Crippen molar-refractivity contribution in [2.45, 2.75) is 20.3 Å². The van der Waals surface area contributed by atoms with E-state index >= 15 is 0 Å². The van der Waals surface area contributed by atoms with Crippen LogP contribution >= 0.6 is 0 Å². The molecule has 0 fully saturated rings. The Bertz CT molecular complexity index is 378. The molecule has 0 aromatic heterocycles. The molecule has 17 heavy (non-hydrogen) atoms. The average molecular weight is 236 g/mol. The minimum atomic E-state index is 0.0493. The van der Waals surface area contributed by atoms with Crippen LogP contribution in [-0.2, 0) is 0 Å². The summed E-state index contributed by atoms with van der Waals surface area (Å²) in [6.07, 6.45) is 1.01. The molecule has 0 amide bonds. The molecule has 0 bridgehead atoms. The molecule has 1 aromatic rings. The first-order chi connectivity index (χ1) is 8.19. The van der Waals surface area contributed by atoms with E-state index in [0.717, 1.165) is 13.0 Å². The maximum Gasteiger partial charge on any atom is 0.176 e. The predicted molar refractivity (Wildman–Crippen MR) is 69.5 cm³/mol. The van der Waals surface area contributed by atoms with E-state index in [2.05, 4.69) is 12.2 Å². The molecule has 0 saturated carbocycles. The van der Waals surface area contributed by atoms with Gasteiger partial charge in [-0.05, 0) is 38.1 Å². The van der Waals surface area contributed by atoms with Crippen LogP contribution in [0.15, 0.2) is 18.2 Å². The van der Waals surface area contributed by atoms with Crippen molar-refractivity contribution >= 4 is 11.5 Å². The summed E-state index contributed by atoms with van der Waals surface area (Å²) >= 11 is 0. The second kappa shape index (κ2) is 6.91. The van der Waals surface area contributed by atoms with Crippen molar-refractivity contribution in [3.63, 3.8) is 0 Å². The number of ether oxygens (including phenoxy) is 1. The highest BCUT2D eigenvalue weighted by molar-refractivity contribution is 5.98. The van der Waals surface area contributed by atoms with Gasteiger partial charge in [0.15, 0.2) is 5.78 Å². The van der Waals surface area contributed by atoms with Crippen LogP contribution in [0, 0.1) is 0 Å². The summed E-state index contributed by atoms with van der Waals surface area (Å²) in [4.78, 5) is 11.8. The number of rotatable bonds is 7. The van der Waals surface area contributed by atoms with E-state index in [1.165, 1.54) is 0 Å². The number of carbonyl (C=O) groups excluding carboxylic acids is 1. The molecular formula is C13H20N2O2. The third-order valence-corrected chi connectivity index (χ3v) is 2.34. The maximum atomic E-state index is 11.8. The molecule has 94 valence electrons. The normalized spacial score (nSPS) is 10.2. The first kappa shape index (κ1) is 13.5. The Hall–Kier alpha value is -1.55. The molecule has 4 nitrogen and oxygen atoms in total. The monoisotopic (exact) mass is 236 g/mol. The second-order valence-corrected chi connectivity index (χ2v) is 3.79. The zero-order valence-corrected chi connectivity index (χ0v) is 10.5.